The minimum absolute atomic E-state index is 0.594. The molecule has 1 aliphatic rings. The maximum absolute atomic E-state index is 5.22. The van der Waals surface area contributed by atoms with E-state index in [1.165, 1.54) is 12.8 Å². The van der Waals surface area contributed by atoms with Crippen molar-refractivity contribution in [3.8, 4) is 0 Å². The molecular formula is C9H15N3S2. The van der Waals surface area contributed by atoms with Crippen LogP contribution in [-0.4, -0.2) is 26.3 Å². The molecule has 1 unspecified atom stereocenters. The quantitative estimate of drug-likeness (QED) is 0.806. The van der Waals surface area contributed by atoms with Gasteiger partial charge in [-0.3, -0.25) is 5.10 Å². The third-order valence-electron chi connectivity index (χ3n) is 2.57. The van der Waals surface area contributed by atoms with Gasteiger partial charge >= 0.3 is 0 Å². The molecule has 78 valence electrons. The van der Waals surface area contributed by atoms with Crippen LogP contribution in [0.4, 0.5) is 0 Å². The molecule has 0 saturated heterocycles. The van der Waals surface area contributed by atoms with E-state index in [2.05, 4.69) is 27.9 Å². The maximum Gasteiger partial charge on any atom is 0.195 e. The van der Waals surface area contributed by atoms with Crippen LogP contribution in [-0.2, 0) is 6.54 Å². The molecule has 5 heteroatoms. The molecule has 14 heavy (non-hydrogen) atoms. The van der Waals surface area contributed by atoms with Crippen LogP contribution in [0.2, 0.25) is 0 Å². The highest BCUT2D eigenvalue weighted by molar-refractivity contribution is 7.99. The van der Waals surface area contributed by atoms with Crippen molar-refractivity contribution >= 4 is 24.0 Å². The molecule has 1 N–H and O–H groups in total. The van der Waals surface area contributed by atoms with E-state index in [4.69, 9.17) is 12.2 Å². The maximum atomic E-state index is 5.22. The number of nitrogens with one attached hydrogen (secondary N) is 1. The van der Waals surface area contributed by atoms with Gasteiger partial charge in [0.25, 0.3) is 0 Å². The van der Waals surface area contributed by atoms with E-state index in [1.807, 2.05) is 11.8 Å². The van der Waals surface area contributed by atoms with Crippen molar-refractivity contribution < 1.29 is 0 Å². The van der Waals surface area contributed by atoms with Crippen LogP contribution in [0.25, 0.3) is 0 Å². The second-order valence-corrected chi connectivity index (χ2v) is 5.48. The fraction of sp³-hybridized carbons (Fsp3) is 0.778. The normalized spacial score (nSPS) is 18.4. The third-order valence-corrected chi connectivity index (χ3v) is 3.84. The van der Waals surface area contributed by atoms with Gasteiger partial charge in [-0.05, 0) is 31.3 Å². The zero-order valence-corrected chi connectivity index (χ0v) is 10.1. The van der Waals surface area contributed by atoms with Crippen LogP contribution < -0.4 is 0 Å². The van der Waals surface area contributed by atoms with E-state index < -0.39 is 0 Å². The summed E-state index contributed by atoms with van der Waals surface area (Å²) in [7, 11) is 0. The highest BCUT2D eigenvalue weighted by Gasteiger charge is 2.29. The van der Waals surface area contributed by atoms with Gasteiger partial charge in [-0.15, -0.1) is 0 Å². The summed E-state index contributed by atoms with van der Waals surface area (Å²) in [5, 5.41) is 7.79. The molecule has 2 rings (SSSR count). The second kappa shape index (κ2) is 4.06. The monoisotopic (exact) mass is 229 g/mol. The van der Waals surface area contributed by atoms with Crippen LogP contribution >= 0.6 is 24.0 Å². The number of aromatic amines is 1. The predicted molar refractivity (Wildman–Crippen MR) is 62.4 cm³/mol. The Hall–Kier alpha value is -0.290. The Morgan fingerprint density at radius 1 is 1.71 bits per heavy atom. The number of rotatable bonds is 4. The number of aromatic nitrogens is 3. The van der Waals surface area contributed by atoms with Crippen molar-refractivity contribution in [1.29, 1.82) is 0 Å². The molecule has 3 nitrogen and oxygen atoms in total. The van der Waals surface area contributed by atoms with Gasteiger partial charge in [-0.2, -0.15) is 16.9 Å². The molecule has 1 aromatic rings. The minimum Gasteiger partial charge on any atom is -0.303 e. The van der Waals surface area contributed by atoms with Crippen LogP contribution in [0, 0.1) is 4.77 Å². The van der Waals surface area contributed by atoms with Crippen molar-refractivity contribution in [2.45, 2.75) is 37.5 Å². The average molecular weight is 229 g/mol. The lowest BCUT2D eigenvalue weighted by Gasteiger charge is -2.10. The molecular weight excluding hydrogens is 214 g/mol. The highest BCUT2D eigenvalue weighted by atomic mass is 32.2. The first kappa shape index (κ1) is 10.2. The molecule has 1 aliphatic carbocycles. The lowest BCUT2D eigenvalue weighted by Crippen LogP contribution is -2.11. The highest BCUT2D eigenvalue weighted by Crippen LogP contribution is 2.39. The fourth-order valence-corrected chi connectivity index (χ4v) is 2.00. The summed E-state index contributed by atoms with van der Waals surface area (Å²) < 4.78 is 2.93. The van der Waals surface area contributed by atoms with E-state index in [0.29, 0.717) is 11.2 Å². The van der Waals surface area contributed by atoms with Crippen LogP contribution in [0.3, 0.4) is 0 Å². The Morgan fingerprint density at radius 2 is 2.43 bits per heavy atom. The van der Waals surface area contributed by atoms with Crippen LogP contribution in [0.15, 0.2) is 0 Å². The molecule has 0 aromatic carbocycles. The minimum atomic E-state index is 0.594. The lowest BCUT2D eigenvalue weighted by atomic mass is 10.4. The Balaban J connectivity index is 2.21. The molecule has 1 atom stereocenters. The van der Waals surface area contributed by atoms with Gasteiger partial charge in [0.1, 0.15) is 5.82 Å². The summed E-state index contributed by atoms with van der Waals surface area (Å²) in [6.07, 6.45) is 4.67. The summed E-state index contributed by atoms with van der Waals surface area (Å²) in [5.41, 5.74) is 0. The zero-order chi connectivity index (χ0) is 10.1. The lowest BCUT2D eigenvalue weighted by molar-refractivity contribution is 0.643. The number of thioether (sulfide) groups is 1. The van der Waals surface area contributed by atoms with Crippen LogP contribution in [0.5, 0.6) is 0 Å². The number of hydrogen-bond acceptors (Lipinski definition) is 3. The molecule has 0 radical (unpaired) electrons. The standard InChI is InChI=1S/C9H15N3S2/c1-6(14-2)5-12-8(7-3-4-7)10-11-9(12)13/h6-7H,3-5H2,1-2H3,(H,11,13). The number of nitrogens with zero attached hydrogens (tertiary/aromatic N) is 2. The number of hydrogen-bond donors (Lipinski definition) is 1. The summed E-state index contributed by atoms with van der Waals surface area (Å²) in [5.74, 6) is 1.83. The summed E-state index contributed by atoms with van der Waals surface area (Å²) >= 11 is 7.09. The van der Waals surface area contributed by atoms with Gasteiger partial charge in [0.2, 0.25) is 0 Å². The second-order valence-electron chi connectivity index (χ2n) is 3.82. The Kier molecular flexibility index (Phi) is 2.97. The van der Waals surface area contributed by atoms with Crippen molar-refractivity contribution in [3.63, 3.8) is 0 Å². The van der Waals surface area contributed by atoms with Gasteiger partial charge in [-0.1, -0.05) is 6.92 Å². The molecule has 0 amide bonds. The van der Waals surface area contributed by atoms with E-state index in [1.54, 1.807) is 0 Å². The Bertz CT molecular complexity index is 364. The molecule has 1 saturated carbocycles. The first-order valence-electron chi connectivity index (χ1n) is 4.90. The fourth-order valence-electron chi connectivity index (χ4n) is 1.49. The summed E-state index contributed by atoms with van der Waals surface area (Å²) in [6.45, 7) is 3.19. The first-order valence-corrected chi connectivity index (χ1v) is 6.60. The number of H-pyrrole nitrogens is 1. The van der Waals surface area contributed by atoms with Gasteiger partial charge in [0, 0.05) is 17.7 Å². The van der Waals surface area contributed by atoms with Gasteiger partial charge in [-0.25, -0.2) is 0 Å². The molecule has 0 bridgehead atoms. The average Bonchev–Trinajstić information content (AvgIpc) is 2.95. The van der Waals surface area contributed by atoms with E-state index >= 15 is 0 Å². The topological polar surface area (TPSA) is 33.6 Å². The third kappa shape index (κ3) is 2.03. The first-order chi connectivity index (χ1) is 6.72. The van der Waals surface area contributed by atoms with E-state index in [0.717, 1.165) is 17.1 Å². The predicted octanol–water partition coefficient (Wildman–Crippen LogP) is 2.57. The summed E-state index contributed by atoms with van der Waals surface area (Å²) in [6, 6.07) is 0. The SMILES string of the molecule is CSC(C)Cn1c(C2CC2)n[nH]c1=S. The molecule has 1 heterocycles. The van der Waals surface area contributed by atoms with E-state index in [-0.39, 0.29) is 0 Å². The smallest absolute Gasteiger partial charge is 0.195 e. The molecule has 0 aliphatic heterocycles. The molecule has 1 fully saturated rings. The Labute approximate surface area is 93.3 Å². The van der Waals surface area contributed by atoms with Gasteiger partial charge in [0.15, 0.2) is 4.77 Å². The van der Waals surface area contributed by atoms with Gasteiger partial charge < -0.3 is 4.57 Å². The zero-order valence-electron chi connectivity index (χ0n) is 8.49. The van der Waals surface area contributed by atoms with E-state index in [9.17, 15) is 0 Å². The van der Waals surface area contributed by atoms with Crippen molar-refractivity contribution in [2.24, 2.45) is 0 Å². The van der Waals surface area contributed by atoms with Crippen molar-refractivity contribution in [1.82, 2.24) is 14.8 Å². The van der Waals surface area contributed by atoms with Crippen molar-refractivity contribution in [2.75, 3.05) is 6.26 Å². The summed E-state index contributed by atoms with van der Waals surface area (Å²) in [4.78, 5) is 0. The largest absolute Gasteiger partial charge is 0.303 e. The molecule has 0 spiro atoms. The molecule has 1 aromatic heterocycles. The Morgan fingerprint density at radius 3 is 3.00 bits per heavy atom. The van der Waals surface area contributed by atoms with Crippen LogP contribution in [0.1, 0.15) is 31.5 Å². The van der Waals surface area contributed by atoms with Gasteiger partial charge in [0.05, 0.1) is 0 Å². The van der Waals surface area contributed by atoms with Crippen molar-refractivity contribution in [3.05, 3.63) is 10.6 Å².